The summed E-state index contributed by atoms with van der Waals surface area (Å²) in [4.78, 5) is 0. The first-order valence-corrected chi connectivity index (χ1v) is 5.75. The van der Waals surface area contributed by atoms with E-state index in [9.17, 15) is 0 Å². The molecule has 3 nitrogen and oxygen atoms in total. The van der Waals surface area contributed by atoms with Crippen LogP contribution in [0.3, 0.4) is 0 Å². The molecular weight excluding hydrogens is 188 g/mol. The Morgan fingerprint density at radius 1 is 1.47 bits per heavy atom. The molecule has 1 aliphatic heterocycles. The quantitative estimate of drug-likeness (QED) is 0.770. The predicted molar refractivity (Wildman–Crippen MR) is 60.0 cm³/mol. The van der Waals surface area contributed by atoms with Crippen LogP contribution in [0, 0.1) is 0 Å². The first-order chi connectivity index (χ1) is 7.07. The van der Waals surface area contributed by atoms with Crippen molar-refractivity contribution in [2.24, 2.45) is 0 Å². The van der Waals surface area contributed by atoms with E-state index in [1.165, 1.54) is 12.8 Å². The van der Waals surface area contributed by atoms with Crippen molar-refractivity contribution < 1.29 is 4.52 Å². The molecule has 0 aliphatic carbocycles. The molecule has 1 aromatic heterocycles. The fourth-order valence-electron chi connectivity index (χ4n) is 1.93. The summed E-state index contributed by atoms with van der Waals surface area (Å²) < 4.78 is 5.44. The van der Waals surface area contributed by atoms with Gasteiger partial charge >= 0.3 is 0 Å². The first-order valence-electron chi connectivity index (χ1n) is 5.75. The number of hydrogen-bond acceptors (Lipinski definition) is 3. The number of nitrogens with zero attached hydrogens (tertiary/aromatic N) is 1. The zero-order valence-corrected chi connectivity index (χ0v) is 9.84. The summed E-state index contributed by atoms with van der Waals surface area (Å²) >= 11 is 0. The maximum absolute atomic E-state index is 5.44. The number of piperidine rings is 1. The van der Waals surface area contributed by atoms with E-state index in [1.54, 1.807) is 0 Å². The molecule has 84 valence electrons. The maximum Gasteiger partial charge on any atom is 0.141 e. The zero-order chi connectivity index (χ0) is 10.9. The van der Waals surface area contributed by atoms with Crippen LogP contribution in [0.1, 0.15) is 51.0 Å². The van der Waals surface area contributed by atoms with Crippen LogP contribution in [0.5, 0.6) is 0 Å². The van der Waals surface area contributed by atoms with Gasteiger partial charge in [0.2, 0.25) is 0 Å². The Labute approximate surface area is 91.2 Å². The van der Waals surface area contributed by atoms with Crippen molar-refractivity contribution in [2.75, 3.05) is 13.1 Å². The van der Waals surface area contributed by atoms with Gasteiger partial charge in [0.15, 0.2) is 0 Å². The molecule has 1 aromatic rings. The standard InChI is InChI=1S/C12H20N2O/c1-12(2,3)11-7-10(15-14-11)9-5-4-6-13-8-9/h7,9,13H,4-6,8H2,1-3H3. The second kappa shape index (κ2) is 3.97. The highest BCUT2D eigenvalue weighted by atomic mass is 16.5. The highest BCUT2D eigenvalue weighted by molar-refractivity contribution is 5.17. The number of nitrogens with one attached hydrogen (secondary N) is 1. The largest absolute Gasteiger partial charge is 0.361 e. The molecule has 1 aliphatic rings. The molecule has 1 unspecified atom stereocenters. The number of hydrogen-bond donors (Lipinski definition) is 1. The summed E-state index contributed by atoms with van der Waals surface area (Å²) in [5.74, 6) is 1.56. The van der Waals surface area contributed by atoms with Gasteiger partial charge in [0.1, 0.15) is 5.76 Å². The van der Waals surface area contributed by atoms with Crippen molar-refractivity contribution in [3.8, 4) is 0 Å². The van der Waals surface area contributed by atoms with E-state index in [0.29, 0.717) is 5.92 Å². The van der Waals surface area contributed by atoms with E-state index in [-0.39, 0.29) is 5.41 Å². The lowest BCUT2D eigenvalue weighted by Gasteiger charge is -2.19. The van der Waals surface area contributed by atoms with Crippen molar-refractivity contribution in [3.05, 3.63) is 17.5 Å². The molecule has 1 fully saturated rings. The Kier molecular flexibility index (Phi) is 2.83. The summed E-state index contributed by atoms with van der Waals surface area (Å²) in [6.45, 7) is 8.64. The molecule has 1 saturated heterocycles. The number of rotatable bonds is 1. The minimum Gasteiger partial charge on any atom is -0.361 e. The van der Waals surface area contributed by atoms with E-state index in [2.05, 4.69) is 37.3 Å². The molecule has 15 heavy (non-hydrogen) atoms. The van der Waals surface area contributed by atoms with E-state index in [4.69, 9.17) is 4.52 Å². The summed E-state index contributed by atoms with van der Waals surface area (Å²) in [7, 11) is 0. The van der Waals surface area contributed by atoms with Crippen molar-refractivity contribution in [1.82, 2.24) is 10.5 Å². The monoisotopic (exact) mass is 208 g/mol. The average molecular weight is 208 g/mol. The molecule has 0 bridgehead atoms. The minimum absolute atomic E-state index is 0.0871. The van der Waals surface area contributed by atoms with E-state index >= 15 is 0 Å². The van der Waals surface area contributed by atoms with Crippen molar-refractivity contribution in [2.45, 2.75) is 44.9 Å². The SMILES string of the molecule is CC(C)(C)c1cc(C2CCCNC2)on1. The summed E-state index contributed by atoms with van der Waals surface area (Å²) in [6.07, 6.45) is 2.45. The zero-order valence-electron chi connectivity index (χ0n) is 9.84. The second-order valence-corrected chi connectivity index (χ2v) is 5.41. The molecule has 0 radical (unpaired) electrons. The molecule has 0 saturated carbocycles. The van der Waals surface area contributed by atoms with Crippen LogP contribution in [0.25, 0.3) is 0 Å². The third-order valence-corrected chi connectivity index (χ3v) is 3.00. The average Bonchev–Trinajstić information content (AvgIpc) is 2.67. The van der Waals surface area contributed by atoms with Crippen LogP contribution in [-0.2, 0) is 5.41 Å². The molecular formula is C12H20N2O. The Balaban J connectivity index is 2.12. The third kappa shape index (κ3) is 2.40. The van der Waals surface area contributed by atoms with Crippen LogP contribution < -0.4 is 5.32 Å². The second-order valence-electron chi connectivity index (χ2n) is 5.41. The van der Waals surface area contributed by atoms with Gasteiger partial charge < -0.3 is 9.84 Å². The first kappa shape index (κ1) is 10.7. The molecule has 2 rings (SSSR count). The third-order valence-electron chi connectivity index (χ3n) is 3.00. The molecule has 0 aromatic carbocycles. The number of aromatic nitrogens is 1. The fourth-order valence-corrected chi connectivity index (χ4v) is 1.93. The van der Waals surface area contributed by atoms with Gasteiger partial charge in [-0.3, -0.25) is 0 Å². The van der Waals surface area contributed by atoms with Crippen LogP contribution in [0.4, 0.5) is 0 Å². The van der Waals surface area contributed by atoms with Crippen molar-refractivity contribution in [1.29, 1.82) is 0 Å². The highest BCUT2D eigenvalue weighted by Gasteiger charge is 2.23. The van der Waals surface area contributed by atoms with Gasteiger partial charge in [-0.05, 0) is 19.4 Å². The molecule has 3 heteroatoms. The van der Waals surface area contributed by atoms with Crippen molar-refractivity contribution >= 4 is 0 Å². The lowest BCUT2D eigenvalue weighted by molar-refractivity contribution is 0.321. The van der Waals surface area contributed by atoms with Crippen molar-refractivity contribution in [3.63, 3.8) is 0 Å². The summed E-state index contributed by atoms with van der Waals surface area (Å²) in [5.41, 5.74) is 1.15. The van der Waals surface area contributed by atoms with Gasteiger partial charge in [-0.25, -0.2) is 0 Å². The molecule has 0 spiro atoms. The summed E-state index contributed by atoms with van der Waals surface area (Å²) in [6, 6.07) is 2.12. The van der Waals surface area contributed by atoms with Crippen LogP contribution >= 0.6 is 0 Å². The Morgan fingerprint density at radius 3 is 2.80 bits per heavy atom. The van der Waals surface area contributed by atoms with E-state index < -0.39 is 0 Å². The normalized spacial score (nSPS) is 23.0. The van der Waals surface area contributed by atoms with E-state index in [1.807, 2.05) is 0 Å². The fraction of sp³-hybridized carbons (Fsp3) is 0.750. The Hall–Kier alpha value is -0.830. The Bertz CT molecular complexity index is 319. The molecule has 0 amide bonds. The smallest absolute Gasteiger partial charge is 0.141 e. The molecule has 2 heterocycles. The van der Waals surface area contributed by atoms with Crippen LogP contribution in [0.15, 0.2) is 10.6 Å². The lowest BCUT2D eigenvalue weighted by Crippen LogP contribution is -2.28. The minimum atomic E-state index is 0.0871. The Morgan fingerprint density at radius 2 is 2.27 bits per heavy atom. The maximum atomic E-state index is 5.44. The van der Waals surface area contributed by atoms with E-state index in [0.717, 1.165) is 24.5 Å². The van der Waals surface area contributed by atoms with Gasteiger partial charge in [0, 0.05) is 23.9 Å². The topological polar surface area (TPSA) is 38.1 Å². The van der Waals surface area contributed by atoms with Crippen LogP contribution in [0.2, 0.25) is 0 Å². The van der Waals surface area contributed by atoms with Crippen LogP contribution in [-0.4, -0.2) is 18.2 Å². The summed E-state index contributed by atoms with van der Waals surface area (Å²) in [5, 5.41) is 7.55. The van der Waals surface area contributed by atoms with Gasteiger partial charge in [-0.2, -0.15) is 0 Å². The van der Waals surface area contributed by atoms with Gasteiger partial charge in [0.25, 0.3) is 0 Å². The van der Waals surface area contributed by atoms with Gasteiger partial charge in [-0.1, -0.05) is 25.9 Å². The van der Waals surface area contributed by atoms with Gasteiger partial charge in [-0.15, -0.1) is 0 Å². The molecule has 1 atom stereocenters. The lowest BCUT2D eigenvalue weighted by atomic mass is 9.90. The highest BCUT2D eigenvalue weighted by Crippen LogP contribution is 2.28. The molecule has 1 N–H and O–H groups in total. The van der Waals surface area contributed by atoms with Gasteiger partial charge in [0.05, 0.1) is 5.69 Å². The predicted octanol–water partition coefficient (Wildman–Crippen LogP) is 2.44.